The fourth-order valence-electron chi connectivity index (χ4n) is 2.82. The number of hydrogen-bond acceptors (Lipinski definition) is 6. The molecule has 2 aromatic heterocycles. The Morgan fingerprint density at radius 1 is 1.48 bits per heavy atom. The SMILES string of the molecule is C=C(C#C[C@]1(O)CCN(C)C1=O)/C=C\C=C(/C)c1nc(C(N)=O)nc2ccsc12. The molecule has 8 heteroatoms. The van der Waals surface area contributed by atoms with Crippen molar-refractivity contribution >= 4 is 38.9 Å². The highest BCUT2D eigenvalue weighted by Crippen LogP contribution is 2.27. The van der Waals surface area contributed by atoms with Crippen LogP contribution in [0.5, 0.6) is 0 Å². The molecule has 7 nitrogen and oxygen atoms in total. The number of rotatable bonds is 4. The van der Waals surface area contributed by atoms with E-state index in [0.29, 0.717) is 23.3 Å². The van der Waals surface area contributed by atoms with E-state index in [9.17, 15) is 14.7 Å². The van der Waals surface area contributed by atoms with Crippen molar-refractivity contribution < 1.29 is 14.7 Å². The molecule has 0 unspecified atom stereocenters. The largest absolute Gasteiger partial charge is 0.369 e. The molecule has 0 radical (unpaired) electrons. The maximum Gasteiger partial charge on any atom is 0.286 e. The van der Waals surface area contributed by atoms with Gasteiger partial charge in [-0.05, 0) is 30.0 Å². The first-order valence-corrected chi connectivity index (χ1v) is 9.69. The van der Waals surface area contributed by atoms with Crippen LogP contribution in [-0.2, 0) is 4.79 Å². The first-order valence-electron chi connectivity index (χ1n) is 8.81. The first kappa shape index (κ1) is 20.5. The van der Waals surface area contributed by atoms with Gasteiger partial charge in [0.2, 0.25) is 11.4 Å². The third kappa shape index (κ3) is 4.26. The highest BCUT2D eigenvalue weighted by atomic mass is 32.1. The lowest BCUT2D eigenvalue weighted by molar-refractivity contribution is -0.137. The molecule has 3 heterocycles. The summed E-state index contributed by atoms with van der Waals surface area (Å²) in [4.78, 5) is 33.3. The average Bonchev–Trinajstić information content (AvgIpc) is 3.26. The van der Waals surface area contributed by atoms with E-state index in [-0.39, 0.29) is 12.2 Å². The second kappa shape index (κ2) is 7.99. The van der Waals surface area contributed by atoms with Gasteiger partial charge in [-0.2, -0.15) is 0 Å². The summed E-state index contributed by atoms with van der Waals surface area (Å²) in [6.45, 7) is 6.16. The van der Waals surface area contributed by atoms with E-state index in [4.69, 9.17) is 5.73 Å². The van der Waals surface area contributed by atoms with Crippen molar-refractivity contribution in [2.75, 3.05) is 13.6 Å². The number of fused-ring (bicyclic) bond motifs is 1. The highest BCUT2D eigenvalue weighted by Gasteiger charge is 2.42. The van der Waals surface area contributed by atoms with E-state index in [0.717, 1.165) is 10.3 Å². The van der Waals surface area contributed by atoms with Crippen LogP contribution >= 0.6 is 11.3 Å². The molecule has 1 aliphatic rings. The van der Waals surface area contributed by atoms with Crippen molar-refractivity contribution in [3.63, 3.8) is 0 Å². The summed E-state index contributed by atoms with van der Waals surface area (Å²) in [7, 11) is 1.63. The Morgan fingerprint density at radius 3 is 2.90 bits per heavy atom. The molecule has 1 aliphatic heterocycles. The van der Waals surface area contributed by atoms with Crippen LogP contribution < -0.4 is 5.73 Å². The summed E-state index contributed by atoms with van der Waals surface area (Å²) in [6.07, 6.45) is 5.50. The maximum atomic E-state index is 11.9. The molecular formula is C21H20N4O3S. The number of amides is 2. The van der Waals surface area contributed by atoms with E-state index in [1.165, 1.54) is 16.2 Å². The second-order valence-corrected chi connectivity index (χ2v) is 7.63. The molecular weight excluding hydrogens is 388 g/mol. The molecule has 0 aliphatic carbocycles. The highest BCUT2D eigenvalue weighted by molar-refractivity contribution is 7.17. The molecule has 1 saturated heterocycles. The van der Waals surface area contributed by atoms with Gasteiger partial charge < -0.3 is 15.7 Å². The number of nitrogens with two attached hydrogens (primary N) is 1. The smallest absolute Gasteiger partial charge is 0.286 e. The van der Waals surface area contributed by atoms with Gasteiger partial charge >= 0.3 is 0 Å². The van der Waals surface area contributed by atoms with Crippen molar-refractivity contribution in [2.24, 2.45) is 5.73 Å². The lowest BCUT2D eigenvalue weighted by Gasteiger charge is -2.13. The molecule has 3 N–H and O–H groups in total. The number of likely N-dealkylation sites (N-methyl/N-ethyl adjacent to an activating group) is 1. The molecule has 2 aromatic rings. The summed E-state index contributed by atoms with van der Waals surface area (Å²) in [6, 6.07) is 1.81. The van der Waals surface area contributed by atoms with E-state index < -0.39 is 17.4 Å². The summed E-state index contributed by atoms with van der Waals surface area (Å²) in [5.41, 5.74) is 6.25. The predicted octanol–water partition coefficient (Wildman–Crippen LogP) is 1.90. The van der Waals surface area contributed by atoms with Gasteiger partial charge in [0.15, 0.2) is 0 Å². The van der Waals surface area contributed by atoms with Crippen molar-refractivity contribution in [3.8, 4) is 11.8 Å². The van der Waals surface area contributed by atoms with Crippen LogP contribution in [0.25, 0.3) is 15.8 Å². The predicted molar refractivity (Wildman–Crippen MR) is 113 cm³/mol. The minimum atomic E-state index is -1.64. The maximum absolute atomic E-state index is 11.9. The number of carbonyl (C=O) groups is 2. The van der Waals surface area contributed by atoms with Gasteiger partial charge in [-0.3, -0.25) is 9.59 Å². The zero-order valence-corrected chi connectivity index (χ0v) is 16.9. The van der Waals surface area contributed by atoms with Crippen LogP contribution in [0.3, 0.4) is 0 Å². The van der Waals surface area contributed by atoms with Gasteiger partial charge in [-0.25, -0.2) is 9.97 Å². The lowest BCUT2D eigenvalue weighted by atomic mass is 10.0. The Morgan fingerprint density at radius 2 is 2.24 bits per heavy atom. The van der Waals surface area contributed by atoms with Gasteiger partial charge in [0, 0.05) is 25.6 Å². The van der Waals surface area contributed by atoms with Crippen LogP contribution in [0.1, 0.15) is 29.7 Å². The van der Waals surface area contributed by atoms with Crippen molar-refractivity contribution in [1.82, 2.24) is 14.9 Å². The zero-order chi connectivity index (χ0) is 21.2. The Kier molecular flexibility index (Phi) is 5.64. The first-order chi connectivity index (χ1) is 13.7. The minimum absolute atomic E-state index is 0.0302. The number of primary amides is 1. The van der Waals surface area contributed by atoms with Crippen molar-refractivity contribution in [2.45, 2.75) is 18.9 Å². The normalized spacial score (nSPS) is 19.6. The number of aromatic nitrogens is 2. The number of hydrogen-bond donors (Lipinski definition) is 2. The van der Waals surface area contributed by atoms with Crippen LogP contribution in [0.2, 0.25) is 0 Å². The summed E-state index contributed by atoms with van der Waals surface area (Å²) in [5, 5.41) is 12.2. The Bertz CT molecular complexity index is 1140. The number of allylic oxidation sites excluding steroid dienone is 5. The van der Waals surface area contributed by atoms with Crippen LogP contribution in [-0.4, -0.2) is 51.0 Å². The summed E-state index contributed by atoms with van der Waals surface area (Å²) < 4.78 is 0.863. The van der Waals surface area contributed by atoms with Crippen molar-refractivity contribution in [1.29, 1.82) is 0 Å². The van der Waals surface area contributed by atoms with Gasteiger partial charge in [-0.15, -0.1) is 11.3 Å². The average molecular weight is 408 g/mol. The van der Waals surface area contributed by atoms with Gasteiger partial charge in [0.25, 0.3) is 11.8 Å². The molecule has 2 amide bonds. The zero-order valence-electron chi connectivity index (χ0n) is 16.1. The molecule has 0 aromatic carbocycles. The standard InChI is InChI=1S/C21H20N4O3S/c1-13(7-9-21(28)10-11-25(3)20(21)27)5-4-6-14(2)16-17-15(8-12-29-17)23-19(24-16)18(22)26/h4-6,8,12,28H,1,10-11H2,2-3H3,(H2,22,26)/b5-4-,14-6+/t21-/m0/s1. The molecule has 0 bridgehead atoms. The Balaban J connectivity index is 1.79. The molecule has 3 rings (SSSR count). The fourth-order valence-corrected chi connectivity index (χ4v) is 3.71. The molecule has 148 valence electrons. The molecule has 0 spiro atoms. The molecule has 29 heavy (non-hydrogen) atoms. The monoisotopic (exact) mass is 408 g/mol. The number of nitrogens with zero attached hydrogens (tertiary/aromatic N) is 3. The summed E-state index contributed by atoms with van der Waals surface area (Å²) in [5.74, 6) is 4.25. The van der Waals surface area contributed by atoms with E-state index in [1.54, 1.807) is 19.2 Å². The van der Waals surface area contributed by atoms with Crippen LogP contribution in [0.4, 0.5) is 0 Å². The van der Waals surface area contributed by atoms with E-state index in [1.807, 2.05) is 24.4 Å². The van der Waals surface area contributed by atoms with Gasteiger partial charge in [-0.1, -0.05) is 30.6 Å². The van der Waals surface area contributed by atoms with E-state index >= 15 is 0 Å². The van der Waals surface area contributed by atoms with Gasteiger partial charge in [0.05, 0.1) is 15.9 Å². The number of aliphatic hydroxyl groups is 1. The Labute approximate surface area is 172 Å². The molecule has 1 fully saturated rings. The van der Waals surface area contributed by atoms with Gasteiger partial charge in [0.1, 0.15) is 0 Å². The molecule has 1 atom stereocenters. The quantitative estimate of drug-likeness (QED) is 0.593. The fraction of sp³-hybridized carbons (Fsp3) is 0.238. The number of carbonyl (C=O) groups excluding carboxylic acids is 2. The number of likely N-dealkylation sites (tertiary alicyclic amines) is 1. The number of thiophene rings is 1. The van der Waals surface area contributed by atoms with E-state index in [2.05, 4.69) is 28.4 Å². The van der Waals surface area contributed by atoms with Crippen LogP contribution in [0, 0.1) is 11.8 Å². The topological polar surface area (TPSA) is 109 Å². The molecule has 0 saturated carbocycles. The minimum Gasteiger partial charge on any atom is -0.369 e. The second-order valence-electron chi connectivity index (χ2n) is 6.72. The third-order valence-corrected chi connectivity index (χ3v) is 5.39. The Hall–Kier alpha value is -3.28. The summed E-state index contributed by atoms with van der Waals surface area (Å²) >= 11 is 1.48. The van der Waals surface area contributed by atoms with Crippen LogP contribution in [0.15, 0.2) is 41.8 Å². The lowest BCUT2D eigenvalue weighted by Crippen LogP contribution is -2.37. The third-order valence-electron chi connectivity index (χ3n) is 4.48. The van der Waals surface area contributed by atoms with Crippen molar-refractivity contribution in [3.05, 3.63) is 53.3 Å².